The van der Waals surface area contributed by atoms with Crippen LogP contribution in [0.5, 0.6) is 0 Å². The molecule has 23 heavy (non-hydrogen) atoms. The van der Waals surface area contributed by atoms with Gasteiger partial charge in [-0.3, -0.25) is 9.59 Å². The molecule has 1 aliphatic carbocycles. The number of aliphatic hydroxyl groups excluding tert-OH is 1. The van der Waals surface area contributed by atoms with Gasteiger partial charge in [0.1, 0.15) is 18.3 Å². The second-order valence-electron chi connectivity index (χ2n) is 6.18. The first-order valence-electron chi connectivity index (χ1n) is 7.64. The maximum absolute atomic E-state index is 12.5. The molecular formula is C17H25NO5. The van der Waals surface area contributed by atoms with Gasteiger partial charge in [-0.1, -0.05) is 45.0 Å². The number of Topliss-reactive ketones (excluding diaryl/α,β-unsaturated/α-hetero) is 1. The summed E-state index contributed by atoms with van der Waals surface area (Å²) in [7, 11) is 1.26. The summed E-state index contributed by atoms with van der Waals surface area (Å²) in [4.78, 5) is 29.7. The van der Waals surface area contributed by atoms with Crippen molar-refractivity contribution in [2.45, 2.75) is 40.0 Å². The van der Waals surface area contributed by atoms with E-state index in [-0.39, 0.29) is 30.1 Å². The number of aliphatic hydroxyl groups is 1. The smallest absolute Gasteiger partial charge is 0.316 e. The fraction of sp³-hybridized carbons (Fsp3) is 0.588. The second kappa shape index (κ2) is 7.94. The topological polar surface area (TPSA) is 85.2 Å². The molecule has 0 amide bonds. The zero-order valence-corrected chi connectivity index (χ0v) is 14.2. The molecule has 0 unspecified atom stereocenters. The van der Waals surface area contributed by atoms with Gasteiger partial charge in [-0.2, -0.15) is 0 Å². The lowest BCUT2D eigenvalue weighted by Gasteiger charge is -2.36. The van der Waals surface area contributed by atoms with Crippen LogP contribution in [0.3, 0.4) is 0 Å². The number of oxime groups is 1. The number of allylic oxidation sites excluding steroid dienone is 1. The lowest BCUT2D eigenvalue weighted by molar-refractivity contribution is -0.150. The molecule has 0 aromatic heterocycles. The monoisotopic (exact) mass is 323 g/mol. The van der Waals surface area contributed by atoms with Crippen LogP contribution in [0, 0.1) is 11.3 Å². The highest BCUT2D eigenvalue weighted by Gasteiger charge is 2.47. The van der Waals surface area contributed by atoms with Crippen molar-refractivity contribution < 1.29 is 24.3 Å². The van der Waals surface area contributed by atoms with Gasteiger partial charge in [-0.05, 0) is 11.8 Å². The van der Waals surface area contributed by atoms with E-state index < -0.39 is 17.3 Å². The van der Waals surface area contributed by atoms with Gasteiger partial charge in [0, 0.05) is 6.42 Å². The van der Waals surface area contributed by atoms with E-state index in [4.69, 9.17) is 9.57 Å². The van der Waals surface area contributed by atoms with Crippen LogP contribution in [0.25, 0.3) is 0 Å². The van der Waals surface area contributed by atoms with Crippen molar-refractivity contribution >= 4 is 17.5 Å². The Hall–Kier alpha value is -2.11. The maximum atomic E-state index is 12.5. The first-order chi connectivity index (χ1) is 10.8. The molecular weight excluding hydrogens is 298 g/mol. The SMILES string of the molecule is C=CCO/N=C(/CCC)C1=C(O)[C@H](C(=O)OC)C(C)(C)CC1=O. The van der Waals surface area contributed by atoms with E-state index in [9.17, 15) is 14.7 Å². The average molecular weight is 323 g/mol. The minimum absolute atomic E-state index is 0.0747. The molecule has 0 aromatic carbocycles. The van der Waals surface area contributed by atoms with Crippen molar-refractivity contribution in [3.63, 3.8) is 0 Å². The first kappa shape index (κ1) is 18.9. The zero-order valence-electron chi connectivity index (χ0n) is 14.2. The molecule has 0 heterocycles. The Kier molecular flexibility index (Phi) is 6.54. The fourth-order valence-corrected chi connectivity index (χ4v) is 2.74. The number of hydrogen-bond acceptors (Lipinski definition) is 6. The van der Waals surface area contributed by atoms with Gasteiger partial charge in [0.25, 0.3) is 0 Å². The third kappa shape index (κ3) is 4.21. The Labute approximate surface area is 136 Å². The summed E-state index contributed by atoms with van der Waals surface area (Å²) in [6.45, 7) is 9.16. The minimum atomic E-state index is -0.901. The molecule has 1 N–H and O–H groups in total. The summed E-state index contributed by atoms with van der Waals surface area (Å²) in [5.41, 5.74) is -0.302. The summed E-state index contributed by atoms with van der Waals surface area (Å²) < 4.78 is 4.79. The number of ether oxygens (including phenoxy) is 1. The van der Waals surface area contributed by atoms with Crippen LogP contribution in [0.2, 0.25) is 0 Å². The van der Waals surface area contributed by atoms with Crippen molar-refractivity contribution in [1.29, 1.82) is 0 Å². The Balaban J connectivity index is 3.37. The maximum Gasteiger partial charge on any atom is 0.316 e. The molecule has 6 nitrogen and oxygen atoms in total. The molecule has 128 valence electrons. The molecule has 0 saturated heterocycles. The molecule has 0 radical (unpaired) electrons. The van der Waals surface area contributed by atoms with Gasteiger partial charge in [0.2, 0.25) is 0 Å². The van der Waals surface area contributed by atoms with Crippen LogP contribution in [0.15, 0.2) is 29.1 Å². The second-order valence-corrected chi connectivity index (χ2v) is 6.18. The number of nitrogens with zero attached hydrogens (tertiary/aromatic N) is 1. The fourth-order valence-electron chi connectivity index (χ4n) is 2.74. The number of carbonyl (C=O) groups is 2. The Bertz CT molecular complexity index is 545. The van der Waals surface area contributed by atoms with Gasteiger partial charge < -0.3 is 14.7 Å². The number of carbonyl (C=O) groups excluding carboxylic acids is 2. The summed E-state index contributed by atoms with van der Waals surface area (Å²) in [6.07, 6.45) is 2.82. The van der Waals surface area contributed by atoms with Crippen molar-refractivity contribution in [2.75, 3.05) is 13.7 Å². The Morgan fingerprint density at radius 1 is 1.52 bits per heavy atom. The van der Waals surface area contributed by atoms with Crippen LogP contribution in [-0.4, -0.2) is 36.3 Å². The minimum Gasteiger partial charge on any atom is -0.511 e. The van der Waals surface area contributed by atoms with Crippen LogP contribution in [0.1, 0.15) is 40.0 Å². The van der Waals surface area contributed by atoms with E-state index >= 15 is 0 Å². The molecule has 0 aromatic rings. The van der Waals surface area contributed by atoms with Crippen molar-refractivity contribution in [3.8, 4) is 0 Å². The Morgan fingerprint density at radius 3 is 2.70 bits per heavy atom. The quantitative estimate of drug-likeness (QED) is 0.256. The summed E-state index contributed by atoms with van der Waals surface area (Å²) in [6, 6.07) is 0. The normalized spacial score (nSPS) is 21.1. The summed E-state index contributed by atoms with van der Waals surface area (Å²) in [5, 5.41) is 14.5. The average Bonchev–Trinajstić information content (AvgIpc) is 2.45. The number of ketones is 1. The lowest BCUT2D eigenvalue weighted by atomic mass is 9.67. The van der Waals surface area contributed by atoms with E-state index in [1.807, 2.05) is 6.92 Å². The van der Waals surface area contributed by atoms with E-state index in [0.717, 1.165) is 0 Å². The number of hydrogen-bond donors (Lipinski definition) is 1. The largest absolute Gasteiger partial charge is 0.511 e. The zero-order chi connectivity index (χ0) is 17.6. The highest BCUT2D eigenvalue weighted by atomic mass is 16.6. The molecule has 1 atom stereocenters. The van der Waals surface area contributed by atoms with Crippen LogP contribution >= 0.6 is 0 Å². The molecule has 0 bridgehead atoms. The van der Waals surface area contributed by atoms with Crippen LogP contribution in [-0.2, 0) is 19.2 Å². The molecule has 0 saturated carbocycles. The van der Waals surface area contributed by atoms with Gasteiger partial charge in [0.15, 0.2) is 5.78 Å². The summed E-state index contributed by atoms with van der Waals surface area (Å²) in [5.74, 6) is -2.00. The highest BCUT2D eigenvalue weighted by molar-refractivity contribution is 6.23. The first-order valence-corrected chi connectivity index (χ1v) is 7.64. The predicted molar refractivity (Wildman–Crippen MR) is 87.1 cm³/mol. The van der Waals surface area contributed by atoms with Crippen molar-refractivity contribution in [2.24, 2.45) is 16.5 Å². The van der Waals surface area contributed by atoms with Crippen LogP contribution in [0.4, 0.5) is 0 Å². The Morgan fingerprint density at radius 2 is 2.17 bits per heavy atom. The third-order valence-electron chi connectivity index (χ3n) is 3.79. The highest BCUT2D eigenvalue weighted by Crippen LogP contribution is 2.42. The lowest BCUT2D eigenvalue weighted by Crippen LogP contribution is -2.41. The number of esters is 1. The van der Waals surface area contributed by atoms with E-state index in [0.29, 0.717) is 18.6 Å². The van der Waals surface area contributed by atoms with Gasteiger partial charge >= 0.3 is 5.97 Å². The molecule has 1 rings (SSSR count). The summed E-state index contributed by atoms with van der Waals surface area (Å²) >= 11 is 0. The molecule has 1 aliphatic rings. The molecule has 0 aliphatic heterocycles. The van der Waals surface area contributed by atoms with Crippen molar-refractivity contribution in [1.82, 2.24) is 0 Å². The predicted octanol–water partition coefficient (Wildman–Crippen LogP) is 2.95. The number of methoxy groups -OCH3 is 1. The number of rotatable bonds is 7. The molecule has 0 spiro atoms. The van der Waals surface area contributed by atoms with Crippen LogP contribution < -0.4 is 0 Å². The third-order valence-corrected chi connectivity index (χ3v) is 3.79. The van der Waals surface area contributed by atoms with E-state index in [2.05, 4.69) is 11.7 Å². The standard InChI is InChI=1S/C17H25NO5/c1-6-8-11(18-23-9-7-2)13-12(19)10-17(3,4)14(15(13)20)16(21)22-5/h7,14,20H,2,6,8-10H2,1,3-5H3/b18-11-/t14-/m1/s1. The van der Waals surface area contributed by atoms with E-state index in [1.54, 1.807) is 13.8 Å². The van der Waals surface area contributed by atoms with Gasteiger partial charge in [0.05, 0.1) is 18.4 Å². The molecule has 0 fully saturated rings. The molecule has 6 heteroatoms. The van der Waals surface area contributed by atoms with E-state index in [1.165, 1.54) is 13.2 Å². The van der Waals surface area contributed by atoms with Gasteiger partial charge in [-0.25, -0.2) is 0 Å². The van der Waals surface area contributed by atoms with Gasteiger partial charge in [-0.15, -0.1) is 0 Å². The van der Waals surface area contributed by atoms with Crippen molar-refractivity contribution in [3.05, 3.63) is 24.0 Å².